The van der Waals surface area contributed by atoms with Crippen molar-refractivity contribution >= 4 is 6.03 Å². The number of carbonyl (C=O) groups is 1. The number of urea groups is 1. The van der Waals surface area contributed by atoms with Crippen molar-refractivity contribution in [3.63, 3.8) is 0 Å². The second kappa shape index (κ2) is 5.85. The van der Waals surface area contributed by atoms with Crippen LogP contribution in [0, 0.1) is 11.7 Å². The Bertz CT molecular complexity index is 804. The van der Waals surface area contributed by atoms with Crippen molar-refractivity contribution in [1.29, 1.82) is 0 Å². The molecule has 25 heavy (non-hydrogen) atoms. The molecule has 0 heterocycles. The maximum absolute atomic E-state index is 13.0. The van der Waals surface area contributed by atoms with Crippen molar-refractivity contribution in [2.24, 2.45) is 5.92 Å². The predicted octanol–water partition coefficient (Wildman–Crippen LogP) is 2.67. The van der Waals surface area contributed by atoms with Crippen molar-refractivity contribution in [1.82, 2.24) is 10.6 Å². The third kappa shape index (κ3) is 3.00. The van der Waals surface area contributed by atoms with Crippen LogP contribution in [0.25, 0.3) is 0 Å². The lowest BCUT2D eigenvalue weighted by Gasteiger charge is -2.24. The van der Waals surface area contributed by atoms with E-state index in [4.69, 9.17) is 0 Å². The molecule has 2 aliphatic rings. The average Bonchev–Trinajstić information content (AvgIpc) is 3.10. The molecule has 130 valence electrons. The Kier molecular flexibility index (Phi) is 3.76. The van der Waals surface area contributed by atoms with Crippen molar-refractivity contribution in [2.75, 3.05) is 6.54 Å². The summed E-state index contributed by atoms with van der Waals surface area (Å²) in [4.78, 5) is 12.2. The van der Waals surface area contributed by atoms with Gasteiger partial charge in [-0.25, -0.2) is 9.18 Å². The first-order valence-electron chi connectivity index (χ1n) is 8.56. The van der Waals surface area contributed by atoms with E-state index in [0.717, 1.165) is 6.42 Å². The molecule has 2 aromatic carbocycles. The Labute approximate surface area is 146 Å². The first kappa shape index (κ1) is 16.1. The molecule has 1 fully saturated rings. The van der Waals surface area contributed by atoms with Gasteiger partial charge < -0.3 is 15.7 Å². The molecule has 0 spiro atoms. The van der Waals surface area contributed by atoms with Crippen LogP contribution < -0.4 is 10.6 Å². The molecule has 2 amide bonds. The molecule has 5 heteroatoms. The molecular weight excluding hydrogens is 319 g/mol. The van der Waals surface area contributed by atoms with Gasteiger partial charge in [0.15, 0.2) is 0 Å². The van der Waals surface area contributed by atoms with Crippen LogP contribution in [0.3, 0.4) is 0 Å². The number of amides is 2. The number of benzene rings is 2. The highest BCUT2D eigenvalue weighted by atomic mass is 19.1. The van der Waals surface area contributed by atoms with Crippen LogP contribution in [-0.2, 0) is 12.0 Å². The Hall–Kier alpha value is -2.40. The summed E-state index contributed by atoms with van der Waals surface area (Å²) in [7, 11) is 0. The molecule has 1 saturated carbocycles. The van der Waals surface area contributed by atoms with Gasteiger partial charge in [-0.3, -0.25) is 0 Å². The minimum absolute atomic E-state index is 0.0586. The van der Waals surface area contributed by atoms with E-state index < -0.39 is 5.60 Å². The highest BCUT2D eigenvalue weighted by Gasteiger charge is 2.56. The van der Waals surface area contributed by atoms with Crippen LogP contribution in [0.1, 0.15) is 29.5 Å². The van der Waals surface area contributed by atoms with E-state index in [1.165, 1.54) is 35.4 Å². The molecule has 0 bridgehead atoms. The smallest absolute Gasteiger partial charge is 0.315 e. The average molecular weight is 340 g/mol. The maximum atomic E-state index is 13.0. The number of nitrogens with one attached hydrogen (secondary N) is 2. The second-order valence-corrected chi connectivity index (χ2v) is 7.23. The van der Waals surface area contributed by atoms with E-state index in [1.54, 1.807) is 6.92 Å². The van der Waals surface area contributed by atoms with Gasteiger partial charge in [0, 0.05) is 12.0 Å². The van der Waals surface area contributed by atoms with Crippen LogP contribution in [0.2, 0.25) is 0 Å². The van der Waals surface area contributed by atoms with Crippen LogP contribution in [0.15, 0.2) is 48.5 Å². The van der Waals surface area contributed by atoms with E-state index in [9.17, 15) is 14.3 Å². The molecule has 3 N–H and O–H groups in total. The first-order chi connectivity index (χ1) is 12.0. The fraction of sp³-hybridized carbons (Fsp3) is 0.350. The zero-order valence-corrected chi connectivity index (χ0v) is 14.0. The molecular formula is C20H21FN2O2. The lowest BCUT2D eigenvalue weighted by atomic mass is 9.96. The largest absolute Gasteiger partial charge is 0.384 e. The highest BCUT2D eigenvalue weighted by molar-refractivity contribution is 5.75. The lowest BCUT2D eigenvalue weighted by molar-refractivity contribution is 0.0593. The zero-order valence-electron chi connectivity index (χ0n) is 14.0. The molecule has 4 rings (SSSR count). The van der Waals surface area contributed by atoms with Crippen molar-refractivity contribution in [3.8, 4) is 0 Å². The van der Waals surface area contributed by atoms with Gasteiger partial charge in [-0.1, -0.05) is 36.4 Å². The predicted molar refractivity (Wildman–Crippen MR) is 92.7 cm³/mol. The van der Waals surface area contributed by atoms with Gasteiger partial charge in [-0.15, -0.1) is 0 Å². The van der Waals surface area contributed by atoms with Crippen LogP contribution in [0.5, 0.6) is 0 Å². The Morgan fingerprint density at radius 3 is 2.72 bits per heavy atom. The third-order valence-corrected chi connectivity index (χ3v) is 5.40. The Balaban J connectivity index is 1.31. The number of hydrogen-bond donors (Lipinski definition) is 3. The molecule has 0 aliphatic heterocycles. The lowest BCUT2D eigenvalue weighted by Crippen LogP contribution is -2.44. The third-order valence-electron chi connectivity index (χ3n) is 5.40. The van der Waals surface area contributed by atoms with Crippen LogP contribution >= 0.6 is 0 Å². The van der Waals surface area contributed by atoms with E-state index in [2.05, 4.69) is 28.8 Å². The van der Waals surface area contributed by atoms with Crippen LogP contribution in [0.4, 0.5) is 9.18 Å². The van der Waals surface area contributed by atoms with Gasteiger partial charge in [0.1, 0.15) is 11.4 Å². The zero-order chi connectivity index (χ0) is 17.6. The summed E-state index contributed by atoms with van der Waals surface area (Å²) in [6.45, 7) is 1.66. The molecule has 2 aliphatic carbocycles. The minimum atomic E-state index is -1.25. The molecule has 4 unspecified atom stereocenters. The fourth-order valence-corrected chi connectivity index (χ4v) is 3.91. The van der Waals surface area contributed by atoms with E-state index in [1.807, 2.05) is 6.07 Å². The Morgan fingerprint density at radius 1 is 1.24 bits per heavy atom. The van der Waals surface area contributed by atoms with Gasteiger partial charge in [-0.05, 0) is 48.1 Å². The summed E-state index contributed by atoms with van der Waals surface area (Å²) in [6.07, 6.45) is 1.01. The fourth-order valence-electron chi connectivity index (χ4n) is 3.91. The van der Waals surface area contributed by atoms with Gasteiger partial charge in [0.25, 0.3) is 0 Å². The van der Waals surface area contributed by atoms with E-state index in [-0.39, 0.29) is 24.4 Å². The Morgan fingerprint density at radius 2 is 1.96 bits per heavy atom. The van der Waals surface area contributed by atoms with Crippen molar-refractivity contribution in [2.45, 2.75) is 30.9 Å². The standard InChI is InChI=1S/C20H21FN2O2/c1-20(25,13-6-8-14(21)9-7-13)11-22-19(24)23-18-16-10-12-4-2-3-5-15(12)17(16)18/h2-9,16-18,25H,10-11H2,1H3,(H2,22,23,24). The normalized spacial score (nSPS) is 25.5. The number of carbonyl (C=O) groups excluding carboxylic acids is 1. The number of fused-ring (bicyclic) bond motifs is 3. The quantitative estimate of drug-likeness (QED) is 0.801. The summed E-state index contributed by atoms with van der Waals surface area (Å²) in [5.41, 5.74) is 2.04. The van der Waals surface area contributed by atoms with Crippen molar-refractivity contribution in [3.05, 3.63) is 71.0 Å². The summed E-state index contributed by atoms with van der Waals surface area (Å²) < 4.78 is 13.0. The first-order valence-corrected chi connectivity index (χ1v) is 8.56. The number of aliphatic hydroxyl groups is 1. The highest BCUT2D eigenvalue weighted by Crippen LogP contribution is 2.56. The number of hydrogen-bond acceptors (Lipinski definition) is 2. The number of halogens is 1. The maximum Gasteiger partial charge on any atom is 0.315 e. The topological polar surface area (TPSA) is 61.4 Å². The molecule has 0 saturated heterocycles. The minimum Gasteiger partial charge on any atom is -0.384 e. The van der Waals surface area contributed by atoms with Gasteiger partial charge >= 0.3 is 6.03 Å². The summed E-state index contributed by atoms with van der Waals surface area (Å²) in [5, 5.41) is 16.2. The van der Waals surface area contributed by atoms with Gasteiger partial charge in [-0.2, -0.15) is 0 Å². The molecule has 0 radical (unpaired) electrons. The van der Waals surface area contributed by atoms with E-state index >= 15 is 0 Å². The molecule has 4 nitrogen and oxygen atoms in total. The van der Waals surface area contributed by atoms with Crippen LogP contribution in [-0.4, -0.2) is 23.7 Å². The summed E-state index contributed by atoms with van der Waals surface area (Å²) in [5.74, 6) is 0.547. The van der Waals surface area contributed by atoms with Gasteiger partial charge in [0.2, 0.25) is 0 Å². The molecule has 4 atom stereocenters. The van der Waals surface area contributed by atoms with Crippen molar-refractivity contribution < 1.29 is 14.3 Å². The number of rotatable bonds is 4. The SMILES string of the molecule is CC(O)(CNC(=O)NC1C2Cc3ccccc3C21)c1ccc(F)cc1. The molecule has 0 aromatic heterocycles. The second-order valence-electron chi connectivity index (χ2n) is 7.23. The van der Waals surface area contributed by atoms with E-state index in [0.29, 0.717) is 17.4 Å². The van der Waals surface area contributed by atoms with Gasteiger partial charge in [0.05, 0.1) is 6.54 Å². The monoisotopic (exact) mass is 340 g/mol. The summed E-state index contributed by atoms with van der Waals surface area (Å²) in [6, 6.07) is 13.9. The summed E-state index contributed by atoms with van der Waals surface area (Å²) >= 11 is 0. The molecule has 2 aromatic rings.